The van der Waals surface area contributed by atoms with Gasteiger partial charge in [-0.05, 0) is 30.3 Å². The summed E-state index contributed by atoms with van der Waals surface area (Å²) in [4.78, 5) is 9.17. The smallest absolute Gasteiger partial charge is 0.159 e. The Kier molecular flexibility index (Phi) is 2.81. The van der Waals surface area contributed by atoms with E-state index < -0.39 is 0 Å². The first kappa shape index (κ1) is 13.1. The maximum Gasteiger partial charge on any atom is 0.159 e. The number of pyridine rings is 1. The number of nitrogens with zero attached hydrogens (tertiary/aromatic N) is 3. The lowest BCUT2D eigenvalue weighted by Crippen LogP contribution is -1.95. The molecule has 0 atom stereocenters. The minimum atomic E-state index is 0.168. The number of rotatable bonds is 1. The van der Waals surface area contributed by atoms with E-state index in [9.17, 15) is 5.11 Å². The maximum atomic E-state index is 9.98. The molecule has 0 saturated carbocycles. The number of hydrogen-bond acceptors (Lipinski definition) is 3. The van der Waals surface area contributed by atoms with Gasteiger partial charge in [0.15, 0.2) is 5.82 Å². The molecule has 0 amide bonds. The van der Waals surface area contributed by atoms with Crippen molar-refractivity contribution in [2.45, 2.75) is 0 Å². The van der Waals surface area contributed by atoms with Gasteiger partial charge in [-0.3, -0.25) is 0 Å². The minimum Gasteiger partial charge on any atom is -0.506 e. The molecule has 0 aliphatic carbocycles. The fourth-order valence-corrected chi connectivity index (χ4v) is 2.82. The second-order valence-corrected chi connectivity index (χ2v) is 5.61. The molecular weight excluding hydrogens is 298 g/mol. The fourth-order valence-electron chi connectivity index (χ4n) is 2.66. The zero-order chi connectivity index (χ0) is 15.3. The number of phenols is 1. The predicted molar refractivity (Wildman–Crippen MR) is 88.1 cm³/mol. The van der Waals surface area contributed by atoms with Gasteiger partial charge in [0.05, 0.1) is 11.0 Å². The highest BCUT2D eigenvalue weighted by Gasteiger charge is 2.12. The third-order valence-electron chi connectivity index (χ3n) is 3.77. The lowest BCUT2D eigenvalue weighted by Gasteiger charge is -2.05. The van der Waals surface area contributed by atoms with Crippen molar-refractivity contribution < 1.29 is 5.11 Å². The number of hydrogen-bond donors (Lipinski definition) is 1. The Morgan fingerprint density at radius 2 is 1.91 bits per heavy atom. The Balaban J connectivity index is 1.98. The van der Waals surface area contributed by atoms with Crippen molar-refractivity contribution in [1.82, 2.24) is 14.5 Å². The molecule has 0 aliphatic rings. The lowest BCUT2D eigenvalue weighted by atomic mass is 10.2. The molecule has 4 nitrogen and oxygen atoms in total. The van der Waals surface area contributed by atoms with Gasteiger partial charge < -0.3 is 9.67 Å². The van der Waals surface area contributed by atoms with Gasteiger partial charge in [-0.15, -0.1) is 0 Å². The van der Waals surface area contributed by atoms with E-state index in [0.717, 1.165) is 22.2 Å². The van der Waals surface area contributed by atoms with E-state index in [-0.39, 0.29) is 5.75 Å². The number of imidazole rings is 1. The van der Waals surface area contributed by atoms with Crippen molar-refractivity contribution in [3.05, 3.63) is 53.6 Å². The van der Waals surface area contributed by atoms with Crippen molar-refractivity contribution in [2.75, 3.05) is 0 Å². The molecule has 0 radical (unpaired) electrons. The van der Waals surface area contributed by atoms with Crippen LogP contribution in [0.4, 0.5) is 0 Å². The molecule has 108 valence electrons. The first-order valence-corrected chi connectivity index (χ1v) is 7.22. The average molecular weight is 310 g/mol. The van der Waals surface area contributed by atoms with E-state index >= 15 is 0 Å². The van der Waals surface area contributed by atoms with Gasteiger partial charge in [0, 0.05) is 17.5 Å². The number of benzene rings is 2. The molecule has 2 heterocycles. The van der Waals surface area contributed by atoms with Gasteiger partial charge in [0.1, 0.15) is 17.0 Å². The summed E-state index contributed by atoms with van der Waals surface area (Å²) in [5, 5.41) is 11.5. The zero-order valence-electron chi connectivity index (χ0n) is 11.8. The Labute approximate surface area is 131 Å². The molecule has 5 heteroatoms. The summed E-state index contributed by atoms with van der Waals surface area (Å²) in [6.07, 6.45) is 0. The van der Waals surface area contributed by atoms with Crippen LogP contribution >= 0.6 is 11.6 Å². The van der Waals surface area contributed by atoms with E-state index in [1.54, 1.807) is 12.1 Å². The summed E-state index contributed by atoms with van der Waals surface area (Å²) in [7, 11) is 1.94. The van der Waals surface area contributed by atoms with Crippen LogP contribution in [0.3, 0.4) is 0 Å². The topological polar surface area (TPSA) is 50.9 Å². The van der Waals surface area contributed by atoms with Crippen LogP contribution in [0.5, 0.6) is 5.75 Å². The molecule has 0 fully saturated rings. The van der Waals surface area contributed by atoms with Crippen LogP contribution < -0.4 is 0 Å². The van der Waals surface area contributed by atoms with Crippen LogP contribution in [-0.4, -0.2) is 19.6 Å². The van der Waals surface area contributed by atoms with Crippen molar-refractivity contribution in [3.63, 3.8) is 0 Å². The van der Waals surface area contributed by atoms with Crippen LogP contribution in [-0.2, 0) is 7.05 Å². The van der Waals surface area contributed by atoms with Crippen molar-refractivity contribution >= 4 is 33.5 Å². The summed E-state index contributed by atoms with van der Waals surface area (Å²) in [6, 6.07) is 14.8. The molecule has 4 rings (SSSR count). The van der Waals surface area contributed by atoms with Crippen molar-refractivity contribution in [1.29, 1.82) is 0 Å². The quantitative estimate of drug-likeness (QED) is 0.574. The highest BCUT2D eigenvalue weighted by Crippen LogP contribution is 2.28. The Morgan fingerprint density at radius 1 is 1.05 bits per heavy atom. The van der Waals surface area contributed by atoms with Crippen LogP contribution in [0.15, 0.2) is 48.5 Å². The second kappa shape index (κ2) is 4.71. The van der Waals surface area contributed by atoms with Gasteiger partial charge in [0.2, 0.25) is 0 Å². The number of aromatic nitrogens is 3. The van der Waals surface area contributed by atoms with Crippen LogP contribution in [0, 0.1) is 0 Å². The Morgan fingerprint density at radius 3 is 2.77 bits per heavy atom. The predicted octanol–water partition coefficient (Wildman–Crippen LogP) is 4.15. The van der Waals surface area contributed by atoms with Crippen LogP contribution in [0.25, 0.3) is 33.5 Å². The minimum absolute atomic E-state index is 0.168. The van der Waals surface area contributed by atoms with E-state index in [1.807, 2.05) is 48.0 Å². The summed E-state index contributed by atoms with van der Waals surface area (Å²) in [5.74, 6) is 0.906. The number of phenolic OH excluding ortho intramolecular Hbond substituents is 1. The first-order valence-electron chi connectivity index (χ1n) is 6.84. The van der Waals surface area contributed by atoms with E-state index in [4.69, 9.17) is 11.6 Å². The van der Waals surface area contributed by atoms with Crippen molar-refractivity contribution in [3.8, 4) is 17.3 Å². The Hall–Kier alpha value is -2.59. The largest absolute Gasteiger partial charge is 0.506 e. The van der Waals surface area contributed by atoms with Gasteiger partial charge in [-0.1, -0.05) is 29.8 Å². The van der Waals surface area contributed by atoms with Gasteiger partial charge >= 0.3 is 0 Å². The number of aromatic hydroxyl groups is 1. The first-order chi connectivity index (χ1) is 10.6. The molecule has 1 N–H and O–H groups in total. The highest BCUT2D eigenvalue weighted by molar-refractivity contribution is 6.31. The summed E-state index contributed by atoms with van der Waals surface area (Å²) in [5.41, 5.74) is 3.09. The molecule has 0 bridgehead atoms. The SMILES string of the molecule is Cn1c(-c2ccc3cccc(O)c3n2)nc2cc(Cl)ccc21. The third-order valence-corrected chi connectivity index (χ3v) is 4.01. The third kappa shape index (κ3) is 1.92. The maximum absolute atomic E-state index is 9.98. The second-order valence-electron chi connectivity index (χ2n) is 5.17. The van der Waals surface area contributed by atoms with Gasteiger partial charge in [0.25, 0.3) is 0 Å². The van der Waals surface area contributed by atoms with E-state index in [1.165, 1.54) is 0 Å². The van der Waals surface area contributed by atoms with Gasteiger partial charge in [-0.25, -0.2) is 9.97 Å². The molecule has 2 aromatic carbocycles. The fraction of sp³-hybridized carbons (Fsp3) is 0.0588. The van der Waals surface area contributed by atoms with Crippen LogP contribution in [0.1, 0.15) is 0 Å². The summed E-state index contributed by atoms with van der Waals surface area (Å²) >= 11 is 6.03. The number of para-hydroxylation sites is 1. The average Bonchev–Trinajstić information content (AvgIpc) is 2.84. The van der Waals surface area contributed by atoms with Crippen LogP contribution in [0.2, 0.25) is 5.02 Å². The molecular formula is C17H12ClN3O. The summed E-state index contributed by atoms with van der Waals surface area (Å²) in [6.45, 7) is 0. The molecule has 0 saturated heterocycles. The number of fused-ring (bicyclic) bond motifs is 2. The van der Waals surface area contributed by atoms with E-state index in [0.29, 0.717) is 16.2 Å². The monoisotopic (exact) mass is 309 g/mol. The molecule has 4 aromatic rings. The van der Waals surface area contributed by atoms with Crippen molar-refractivity contribution in [2.24, 2.45) is 7.05 Å². The van der Waals surface area contributed by atoms with Gasteiger partial charge in [-0.2, -0.15) is 0 Å². The molecule has 22 heavy (non-hydrogen) atoms. The molecule has 0 unspecified atom stereocenters. The zero-order valence-corrected chi connectivity index (χ0v) is 12.5. The lowest BCUT2D eigenvalue weighted by molar-refractivity contribution is 0.480. The number of aryl methyl sites for hydroxylation is 1. The summed E-state index contributed by atoms with van der Waals surface area (Å²) < 4.78 is 1.97. The molecule has 0 spiro atoms. The normalized spacial score (nSPS) is 11.4. The standard InChI is InChI=1S/C17H12ClN3O/c1-21-14-8-6-11(18)9-13(14)20-17(21)12-7-5-10-3-2-4-15(22)16(10)19-12/h2-9,22H,1H3. The highest BCUT2D eigenvalue weighted by atomic mass is 35.5. The Bertz CT molecular complexity index is 1020. The molecule has 0 aliphatic heterocycles. The molecule has 2 aromatic heterocycles. The van der Waals surface area contributed by atoms with E-state index in [2.05, 4.69) is 9.97 Å². The number of halogens is 1.